The van der Waals surface area contributed by atoms with E-state index in [1.54, 1.807) is 6.07 Å². The Morgan fingerprint density at radius 3 is 3.06 bits per heavy atom. The molecule has 2 rings (SSSR count). The van der Waals surface area contributed by atoms with Gasteiger partial charge in [-0.25, -0.2) is 0 Å². The van der Waals surface area contributed by atoms with Crippen molar-refractivity contribution < 1.29 is 13.7 Å². The second kappa shape index (κ2) is 4.56. The fourth-order valence-corrected chi connectivity index (χ4v) is 1.11. The first kappa shape index (κ1) is 10.3. The third-order valence-electron chi connectivity index (χ3n) is 1.80. The fraction of sp³-hybridized carbons (Fsp3) is 0.333. The number of amides is 1. The summed E-state index contributed by atoms with van der Waals surface area (Å²) in [4.78, 5) is 11.2. The number of hydrogen-bond acceptors (Lipinski definition) is 6. The van der Waals surface area contributed by atoms with Crippen molar-refractivity contribution in [3.05, 3.63) is 12.3 Å². The van der Waals surface area contributed by atoms with Crippen LogP contribution in [0, 0.1) is 0 Å². The van der Waals surface area contributed by atoms with Gasteiger partial charge in [-0.05, 0) is 6.42 Å². The SMILES string of the molecule is CCCC(=O)Nc1nnc(-c2ccno2)o1. The number of anilines is 1. The van der Waals surface area contributed by atoms with Crippen LogP contribution in [0.5, 0.6) is 0 Å². The number of carbonyl (C=O) groups excluding carboxylic acids is 1. The lowest BCUT2D eigenvalue weighted by atomic mass is 10.3. The maximum atomic E-state index is 11.2. The third kappa shape index (κ3) is 2.25. The van der Waals surface area contributed by atoms with Crippen molar-refractivity contribution >= 4 is 11.9 Å². The van der Waals surface area contributed by atoms with Crippen LogP contribution in [0.3, 0.4) is 0 Å². The summed E-state index contributed by atoms with van der Waals surface area (Å²) < 4.78 is 9.98. The molecule has 0 aliphatic heterocycles. The minimum absolute atomic E-state index is 0.0600. The molecule has 0 fully saturated rings. The van der Waals surface area contributed by atoms with Gasteiger partial charge < -0.3 is 8.94 Å². The number of nitrogens with one attached hydrogen (secondary N) is 1. The zero-order valence-corrected chi connectivity index (χ0v) is 8.64. The number of hydrogen-bond donors (Lipinski definition) is 1. The molecule has 0 aliphatic carbocycles. The molecule has 0 aliphatic rings. The van der Waals surface area contributed by atoms with Crippen molar-refractivity contribution in [2.75, 3.05) is 5.32 Å². The largest absolute Gasteiger partial charge is 0.400 e. The number of rotatable bonds is 4. The van der Waals surface area contributed by atoms with E-state index >= 15 is 0 Å². The molecule has 2 heterocycles. The summed E-state index contributed by atoms with van der Waals surface area (Å²) in [7, 11) is 0. The van der Waals surface area contributed by atoms with Crippen molar-refractivity contribution in [3.63, 3.8) is 0 Å². The van der Waals surface area contributed by atoms with Crippen LogP contribution in [0.1, 0.15) is 19.8 Å². The Morgan fingerprint density at radius 2 is 2.38 bits per heavy atom. The fourth-order valence-electron chi connectivity index (χ4n) is 1.11. The molecule has 2 aromatic heterocycles. The molecule has 1 N–H and O–H groups in total. The molecule has 0 spiro atoms. The summed E-state index contributed by atoms with van der Waals surface area (Å²) in [6.07, 6.45) is 2.64. The molecule has 2 aromatic rings. The molecule has 84 valence electrons. The normalized spacial score (nSPS) is 10.3. The summed E-state index contributed by atoms with van der Waals surface area (Å²) in [6, 6.07) is 1.65. The highest BCUT2D eigenvalue weighted by Crippen LogP contribution is 2.18. The number of aromatic nitrogens is 3. The Kier molecular flexibility index (Phi) is 2.95. The predicted molar refractivity (Wildman–Crippen MR) is 53.3 cm³/mol. The van der Waals surface area contributed by atoms with Crippen molar-refractivity contribution in [1.29, 1.82) is 0 Å². The highest BCUT2D eigenvalue weighted by Gasteiger charge is 2.12. The van der Waals surface area contributed by atoms with Crippen molar-refractivity contribution in [2.45, 2.75) is 19.8 Å². The van der Waals surface area contributed by atoms with E-state index in [-0.39, 0.29) is 17.8 Å². The van der Waals surface area contributed by atoms with E-state index in [2.05, 4.69) is 20.7 Å². The molecule has 0 saturated heterocycles. The van der Waals surface area contributed by atoms with Crippen LogP contribution in [0.2, 0.25) is 0 Å². The Hall–Kier alpha value is -2.18. The summed E-state index contributed by atoms with van der Waals surface area (Å²) in [6.45, 7) is 1.91. The van der Waals surface area contributed by atoms with Gasteiger partial charge in [0.25, 0.3) is 5.89 Å². The predicted octanol–water partition coefficient (Wildman–Crippen LogP) is 1.46. The Morgan fingerprint density at radius 1 is 1.50 bits per heavy atom. The van der Waals surface area contributed by atoms with Gasteiger partial charge in [0.05, 0.1) is 6.20 Å². The first-order chi connectivity index (χ1) is 7.79. The quantitative estimate of drug-likeness (QED) is 0.841. The summed E-state index contributed by atoms with van der Waals surface area (Å²) in [5, 5.41) is 13.4. The van der Waals surface area contributed by atoms with Gasteiger partial charge in [-0.15, -0.1) is 5.10 Å². The average molecular weight is 222 g/mol. The molecule has 0 atom stereocenters. The van der Waals surface area contributed by atoms with Gasteiger partial charge in [0, 0.05) is 12.5 Å². The first-order valence-corrected chi connectivity index (χ1v) is 4.84. The zero-order chi connectivity index (χ0) is 11.4. The van der Waals surface area contributed by atoms with Crippen molar-refractivity contribution in [2.24, 2.45) is 0 Å². The Balaban J connectivity index is 2.06. The number of carbonyl (C=O) groups is 1. The Labute approximate surface area is 90.8 Å². The van der Waals surface area contributed by atoms with Crippen LogP contribution in [-0.2, 0) is 4.79 Å². The second-order valence-electron chi connectivity index (χ2n) is 3.09. The molecule has 7 nitrogen and oxygen atoms in total. The lowest BCUT2D eigenvalue weighted by Crippen LogP contribution is -2.10. The van der Waals surface area contributed by atoms with Crippen LogP contribution in [-0.4, -0.2) is 21.3 Å². The molecule has 0 aromatic carbocycles. The van der Waals surface area contributed by atoms with Crippen molar-refractivity contribution in [1.82, 2.24) is 15.4 Å². The molecule has 0 unspecified atom stereocenters. The van der Waals surface area contributed by atoms with Crippen LogP contribution in [0.25, 0.3) is 11.7 Å². The van der Waals surface area contributed by atoms with Gasteiger partial charge in [-0.3, -0.25) is 10.1 Å². The topological polar surface area (TPSA) is 94.1 Å². The van der Waals surface area contributed by atoms with E-state index in [1.165, 1.54) is 6.20 Å². The maximum absolute atomic E-state index is 11.2. The van der Waals surface area contributed by atoms with Gasteiger partial charge in [0.2, 0.25) is 11.7 Å². The average Bonchev–Trinajstić information content (AvgIpc) is 2.86. The van der Waals surface area contributed by atoms with E-state index in [1.807, 2.05) is 6.92 Å². The van der Waals surface area contributed by atoms with E-state index in [0.717, 1.165) is 6.42 Å². The van der Waals surface area contributed by atoms with E-state index < -0.39 is 0 Å². The summed E-state index contributed by atoms with van der Waals surface area (Å²) in [5.74, 6) is 0.392. The number of nitrogens with zero attached hydrogens (tertiary/aromatic N) is 3. The smallest absolute Gasteiger partial charge is 0.322 e. The molecular weight excluding hydrogens is 212 g/mol. The standard InChI is InChI=1S/C9H10N4O3/c1-2-3-7(14)11-9-13-12-8(15-9)6-4-5-10-16-6/h4-5H,2-3H2,1H3,(H,11,13,14). The Bertz CT molecular complexity index is 463. The maximum Gasteiger partial charge on any atom is 0.322 e. The van der Waals surface area contributed by atoms with Crippen LogP contribution in [0.15, 0.2) is 21.2 Å². The first-order valence-electron chi connectivity index (χ1n) is 4.84. The molecule has 1 amide bonds. The highest BCUT2D eigenvalue weighted by molar-refractivity contribution is 5.88. The van der Waals surface area contributed by atoms with E-state index in [0.29, 0.717) is 12.2 Å². The zero-order valence-electron chi connectivity index (χ0n) is 8.64. The molecular formula is C9H10N4O3. The van der Waals surface area contributed by atoms with E-state index in [4.69, 9.17) is 8.94 Å². The molecule has 0 saturated carbocycles. The summed E-state index contributed by atoms with van der Waals surface area (Å²) >= 11 is 0. The minimum atomic E-state index is -0.157. The van der Waals surface area contributed by atoms with Crippen LogP contribution < -0.4 is 5.32 Å². The molecule has 0 radical (unpaired) electrons. The van der Waals surface area contributed by atoms with E-state index in [9.17, 15) is 4.79 Å². The van der Waals surface area contributed by atoms with Gasteiger partial charge in [0.1, 0.15) is 0 Å². The molecule has 16 heavy (non-hydrogen) atoms. The lowest BCUT2D eigenvalue weighted by molar-refractivity contribution is -0.116. The van der Waals surface area contributed by atoms with Gasteiger partial charge in [-0.2, -0.15) is 0 Å². The van der Waals surface area contributed by atoms with Gasteiger partial charge in [0.15, 0.2) is 0 Å². The molecule has 0 bridgehead atoms. The lowest BCUT2D eigenvalue weighted by Gasteiger charge is -1.95. The van der Waals surface area contributed by atoms with Gasteiger partial charge in [-0.1, -0.05) is 17.2 Å². The van der Waals surface area contributed by atoms with Crippen LogP contribution in [0.4, 0.5) is 6.01 Å². The van der Waals surface area contributed by atoms with Crippen LogP contribution >= 0.6 is 0 Å². The second-order valence-corrected chi connectivity index (χ2v) is 3.09. The monoisotopic (exact) mass is 222 g/mol. The highest BCUT2D eigenvalue weighted by atomic mass is 16.5. The summed E-state index contributed by atoms with van der Waals surface area (Å²) in [5.41, 5.74) is 0. The third-order valence-corrected chi connectivity index (χ3v) is 1.80. The minimum Gasteiger partial charge on any atom is -0.400 e. The molecule has 7 heteroatoms. The van der Waals surface area contributed by atoms with Crippen molar-refractivity contribution in [3.8, 4) is 11.7 Å². The van der Waals surface area contributed by atoms with Gasteiger partial charge >= 0.3 is 6.01 Å².